The molecular weight excluding hydrogens is 335 g/mol. The molecule has 0 radical (unpaired) electrons. The lowest BCUT2D eigenvalue weighted by Crippen LogP contribution is -2.25. The van der Waals surface area contributed by atoms with Crippen LogP contribution in [0.15, 0.2) is 47.4 Å². The van der Waals surface area contributed by atoms with Crippen molar-refractivity contribution in [3.63, 3.8) is 0 Å². The minimum absolute atomic E-state index is 0.0190. The smallest absolute Gasteiger partial charge is 0.295 e. The Bertz CT molecular complexity index is 1000. The van der Waals surface area contributed by atoms with Crippen molar-refractivity contribution in [2.24, 2.45) is 0 Å². The van der Waals surface area contributed by atoms with Crippen LogP contribution < -0.4 is 5.56 Å². The Kier molecular flexibility index (Phi) is 4.31. The number of aryl methyl sites for hydroxylation is 1. The highest BCUT2D eigenvalue weighted by Crippen LogP contribution is 2.18. The lowest BCUT2D eigenvalue weighted by Gasteiger charge is -2.06. The maximum Gasteiger partial charge on any atom is 0.295 e. The maximum atomic E-state index is 13.1. The number of rotatable bonds is 4. The summed E-state index contributed by atoms with van der Waals surface area (Å²) in [6, 6.07) is 8.90. The normalized spacial score (nSPS) is 10.9. The molecule has 0 atom stereocenters. The Balaban J connectivity index is 1.87. The van der Waals surface area contributed by atoms with E-state index in [1.165, 1.54) is 30.5 Å². The van der Waals surface area contributed by atoms with Gasteiger partial charge in [-0.2, -0.15) is 0 Å². The van der Waals surface area contributed by atoms with Crippen molar-refractivity contribution in [3.05, 3.63) is 74.9 Å². The van der Waals surface area contributed by atoms with Gasteiger partial charge in [-0.25, -0.2) is 9.37 Å². The number of benzene rings is 1. The van der Waals surface area contributed by atoms with Gasteiger partial charge >= 0.3 is 0 Å². The lowest BCUT2D eigenvalue weighted by atomic mass is 10.0. The van der Waals surface area contributed by atoms with Crippen molar-refractivity contribution in [2.75, 3.05) is 0 Å². The number of pyridine rings is 2. The number of carbonyl (C=O) groups excluding carboxylic acids is 1. The van der Waals surface area contributed by atoms with Gasteiger partial charge in [0.15, 0.2) is 11.4 Å². The zero-order valence-corrected chi connectivity index (χ0v) is 13.1. The van der Waals surface area contributed by atoms with E-state index >= 15 is 0 Å². The van der Waals surface area contributed by atoms with Crippen LogP contribution in [0.5, 0.6) is 0 Å². The summed E-state index contributed by atoms with van der Waals surface area (Å²) in [6.07, 6.45) is 1.77. The van der Waals surface area contributed by atoms with Gasteiger partial charge in [0, 0.05) is 18.0 Å². The van der Waals surface area contributed by atoms with E-state index in [1.54, 1.807) is 12.1 Å². The van der Waals surface area contributed by atoms with Crippen LogP contribution in [0, 0.1) is 5.82 Å². The number of ketones is 1. The van der Waals surface area contributed by atoms with Crippen LogP contribution in [0.4, 0.5) is 4.39 Å². The van der Waals surface area contributed by atoms with Crippen LogP contribution in [0.3, 0.4) is 0 Å². The molecule has 3 aromatic rings. The number of Topliss-reactive ketones (excluding diaryl/α,β-unsaturated/α-hetero) is 1. The highest BCUT2D eigenvalue weighted by Gasteiger charge is 2.16. The maximum absolute atomic E-state index is 13.1. The summed E-state index contributed by atoms with van der Waals surface area (Å²) in [5, 5.41) is 10.3. The summed E-state index contributed by atoms with van der Waals surface area (Å²) in [6.45, 7) is 0. The van der Waals surface area contributed by atoms with Crippen molar-refractivity contribution in [3.8, 4) is 0 Å². The zero-order chi connectivity index (χ0) is 17.3. The zero-order valence-electron chi connectivity index (χ0n) is 12.4. The van der Waals surface area contributed by atoms with Crippen LogP contribution in [0.25, 0.3) is 11.0 Å². The summed E-state index contributed by atoms with van der Waals surface area (Å²) < 4.78 is 13.5. The monoisotopic (exact) mass is 346 g/mol. The lowest BCUT2D eigenvalue weighted by molar-refractivity contribution is 0.0975. The largest absolute Gasteiger partial charge is 0.423 e. The highest BCUT2D eigenvalue weighted by atomic mass is 35.5. The molecule has 0 amide bonds. The number of hydrogen-bond donors (Lipinski definition) is 1. The molecule has 2 aromatic heterocycles. The number of halogens is 2. The van der Waals surface area contributed by atoms with Gasteiger partial charge in [-0.3, -0.25) is 9.59 Å². The number of hydrogen-bond acceptors (Lipinski definition) is 4. The molecule has 3 rings (SSSR count). The molecule has 0 aliphatic carbocycles. The molecule has 24 heavy (non-hydrogen) atoms. The second-order valence-electron chi connectivity index (χ2n) is 5.26. The first-order valence-corrected chi connectivity index (χ1v) is 7.52. The van der Waals surface area contributed by atoms with Gasteiger partial charge in [0.25, 0.3) is 5.56 Å². The van der Waals surface area contributed by atoms with Crippen molar-refractivity contribution in [1.82, 2.24) is 9.71 Å². The number of fused-ring (bicyclic) bond motifs is 1. The molecule has 0 fully saturated rings. The van der Waals surface area contributed by atoms with E-state index in [4.69, 9.17) is 11.6 Å². The van der Waals surface area contributed by atoms with E-state index in [2.05, 4.69) is 4.98 Å². The van der Waals surface area contributed by atoms with Gasteiger partial charge in [0.1, 0.15) is 5.82 Å². The van der Waals surface area contributed by atoms with Crippen molar-refractivity contribution in [1.29, 1.82) is 0 Å². The molecular formula is C17H12ClFN2O3. The molecule has 0 aliphatic heterocycles. The fraction of sp³-hybridized carbons (Fsp3) is 0.118. The first-order valence-electron chi connectivity index (χ1n) is 7.14. The summed E-state index contributed by atoms with van der Waals surface area (Å²) in [7, 11) is 0. The van der Waals surface area contributed by atoms with Crippen LogP contribution in [-0.4, -0.2) is 20.7 Å². The van der Waals surface area contributed by atoms with Gasteiger partial charge in [-0.1, -0.05) is 17.7 Å². The Morgan fingerprint density at radius 3 is 2.83 bits per heavy atom. The van der Waals surface area contributed by atoms with E-state index in [0.717, 1.165) is 0 Å². The van der Waals surface area contributed by atoms with Crippen LogP contribution in [0.1, 0.15) is 22.3 Å². The third-order valence-corrected chi connectivity index (χ3v) is 3.95. The Labute approximate surface area is 140 Å². The molecule has 7 heteroatoms. The average Bonchev–Trinajstić information content (AvgIpc) is 2.59. The van der Waals surface area contributed by atoms with E-state index in [9.17, 15) is 19.2 Å². The van der Waals surface area contributed by atoms with Crippen LogP contribution >= 0.6 is 11.6 Å². The molecule has 1 aromatic carbocycles. The number of aromatic nitrogens is 2. The summed E-state index contributed by atoms with van der Waals surface area (Å²) in [5.41, 5.74) is -0.166. The van der Waals surface area contributed by atoms with E-state index in [0.29, 0.717) is 22.1 Å². The Morgan fingerprint density at radius 2 is 2.08 bits per heavy atom. The standard InChI is InChI=1S/C17H12ClFN2O3/c18-13-8-10(3-5-14(13)19)4-6-15(22)12-9-11-2-1-7-20-16(11)21(24)17(12)23/h1-3,5,7-9,24H,4,6H2. The first kappa shape index (κ1) is 16.1. The van der Waals surface area contributed by atoms with Gasteiger partial charge in [0.05, 0.1) is 10.6 Å². The summed E-state index contributed by atoms with van der Waals surface area (Å²) in [5.74, 6) is -0.953. The Morgan fingerprint density at radius 1 is 1.29 bits per heavy atom. The molecule has 0 unspecified atom stereocenters. The fourth-order valence-electron chi connectivity index (χ4n) is 2.41. The van der Waals surface area contributed by atoms with Gasteiger partial charge in [0.2, 0.25) is 0 Å². The van der Waals surface area contributed by atoms with Gasteiger partial charge in [-0.15, -0.1) is 4.73 Å². The molecule has 0 aliphatic rings. The number of carbonyl (C=O) groups is 1. The first-order chi connectivity index (χ1) is 11.5. The van der Waals surface area contributed by atoms with Crippen LogP contribution in [0.2, 0.25) is 5.02 Å². The van der Waals surface area contributed by atoms with Gasteiger partial charge in [-0.05, 0) is 42.3 Å². The molecule has 0 saturated carbocycles. The van der Waals surface area contributed by atoms with Crippen molar-refractivity contribution < 1.29 is 14.4 Å². The molecule has 0 spiro atoms. The molecule has 0 bridgehead atoms. The summed E-state index contributed by atoms with van der Waals surface area (Å²) in [4.78, 5) is 28.4. The van der Waals surface area contributed by atoms with Crippen LogP contribution in [-0.2, 0) is 6.42 Å². The van der Waals surface area contributed by atoms with E-state index in [-0.39, 0.29) is 22.7 Å². The van der Waals surface area contributed by atoms with E-state index in [1.807, 2.05) is 0 Å². The molecule has 5 nitrogen and oxygen atoms in total. The SMILES string of the molecule is O=C(CCc1ccc(F)c(Cl)c1)c1cc2cccnc2n(O)c1=O. The minimum atomic E-state index is -0.816. The second kappa shape index (κ2) is 6.41. The van der Waals surface area contributed by atoms with Crippen molar-refractivity contribution in [2.45, 2.75) is 12.8 Å². The predicted molar refractivity (Wildman–Crippen MR) is 87.2 cm³/mol. The molecule has 0 saturated heterocycles. The molecule has 122 valence electrons. The van der Waals surface area contributed by atoms with Gasteiger partial charge < -0.3 is 5.21 Å². The summed E-state index contributed by atoms with van der Waals surface area (Å²) >= 11 is 5.70. The topological polar surface area (TPSA) is 72.2 Å². The highest BCUT2D eigenvalue weighted by molar-refractivity contribution is 6.30. The molecule has 1 N–H and O–H groups in total. The Hall–Kier alpha value is -2.73. The number of nitrogens with zero attached hydrogens (tertiary/aromatic N) is 2. The molecule has 2 heterocycles. The third-order valence-electron chi connectivity index (χ3n) is 3.67. The van der Waals surface area contributed by atoms with Crippen molar-refractivity contribution >= 4 is 28.4 Å². The average molecular weight is 347 g/mol. The minimum Gasteiger partial charge on any atom is -0.423 e. The third kappa shape index (κ3) is 3.00. The van der Waals surface area contributed by atoms with E-state index < -0.39 is 17.2 Å². The fourth-order valence-corrected chi connectivity index (χ4v) is 2.62. The quantitative estimate of drug-likeness (QED) is 0.581. The second-order valence-corrected chi connectivity index (χ2v) is 5.67. The predicted octanol–water partition coefficient (Wildman–Crippen LogP) is 3.24.